The van der Waals surface area contributed by atoms with Gasteiger partial charge in [0, 0.05) is 24.2 Å². The third-order valence-corrected chi connectivity index (χ3v) is 9.89. The highest BCUT2D eigenvalue weighted by Crippen LogP contribution is 2.36. The van der Waals surface area contributed by atoms with Crippen LogP contribution in [0.5, 0.6) is 0 Å². The van der Waals surface area contributed by atoms with E-state index in [-0.39, 0.29) is 24.9 Å². The van der Waals surface area contributed by atoms with Gasteiger partial charge in [-0.1, -0.05) is 0 Å². The van der Waals surface area contributed by atoms with Gasteiger partial charge in [-0.15, -0.1) is 0 Å². The summed E-state index contributed by atoms with van der Waals surface area (Å²) < 4.78 is 30.1. The Balaban J connectivity index is 1.22. The van der Waals surface area contributed by atoms with E-state index in [0.29, 0.717) is 0 Å². The Morgan fingerprint density at radius 1 is 0.682 bits per heavy atom. The highest BCUT2D eigenvalue weighted by Gasteiger charge is 2.54. The Labute approximate surface area is 256 Å². The van der Waals surface area contributed by atoms with Crippen molar-refractivity contribution in [3.05, 3.63) is 0 Å². The first-order valence-corrected chi connectivity index (χ1v) is 15.7. The summed E-state index contributed by atoms with van der Waals surface area (Å²) in [5.74, 6) is 0. The maximum atomic E-state index is 11.3. The van der Waals surface area contributed by atoms with Crippen LogP contribution in [0.3, 0.4) is 0 Å². The SMILES string of the molecule is CNC1C(OC2OC(CO)C(NC3CCC(N)CC3)C(O)C2O)O[C@H]2C[C@H](N)C(OC3C(N)CC(N)C(O)C3O)OC2C1O. The fourth-order valence-corrected chi connectivity index (χ4v) is 7.19. The highest BCUT2D eigenvalue weighted by atomic mass is 16.8. The average molecular weight is 637 g/mol. The molecule has 5 fully saturated rings. The van der Waals surface area contributed by atoms with Crippen LogP contribution in [0.1, 0.15) is 38.5 Å². The molecule has 15 unspecified atom stereocenters. The second-order valence-electron chi connectivity index (χ2n) is 13.0. The highest BCUT2D eigenvalue weighted by molar-refractivity contribution is 5.02. The van der Waals surface area contributed by atoms with E-state index in [1.165, 1.54) is 0 Å². The van der Waals surface area contributed by atoms with E-state index < -0.39 is 111 Å². The van der Waals surface area contributed by atoms with Crippen LogP contribution in [0, 0.1) is 0 Å². The van der Waals surface area contributed by atoms with Gasteiger partial charge in [0.05, 0.1) is 36.9 Å². The second kappa shape index (κ2) is 14.6. The molecule has 17 atom stereocenters. The van der Waals surface area contributed by atoms with Crippen LogP contribution in [-0.4, -0.2) is 160 Å². The average Bonchev–Trinajstić information content (AvgIpc) is 2.99. The summed E-state index contributed by atoms with van der Waals surface area (Å²) in [5.41, 5.74) is 24.4. The Kier molecular flexibility index (Phi) is 11.5. The van der Waals surface area contributed by atoms with Crippen molar-refractivity contribution < 1.29 is 54.3 Å². The number of ether oxygens (including phenoxy) is 5. The van der Waals surface area contributed by atoms with E-state index >= 15 is 0 Å². The number of nitrogens with one attached hydrogen (secondary N) is 2. The van der Waals surface area contributed by atoms with Crippen molar-refractivity contribution >= 4 is 0 Å². The topological polar surface area (TPSA) is 296 Å². The van der Waals surface area contributed by atoms with Crippen LogP contribution in [0.25, 0.3) is 0 Å². The summed E-state index contributed by atoms with van der Waals surface area (Å²) in [6.07, 6.45) is -10.1. The largest absolute Gasteiger partial charge is 0.394 e. The molecule has 256 valence electrons. The van der Waals surface area contributed by atoms with Crippen LogP contribution >= 0.6 is 0 Å². The number of likely N-dealkylation sites (N-methyl/N-ethyl adjacent to an activating group) is 1. The number of aliphatic hydroxyl groups is 6. The molecule has 2 aliphatic carbocycles. The molecule has 5 aliphatic rings. The molecular weight excluding hydrogens is 584 g/mol. The molecule has 5 rings (SSSR count). The molecule has 0 aromatic heterocycles. The van der Waals surface area contributed by atoms with Gasteiger partial charge in [0.25, 0.3) is 0 Å². The Morgan fingerprint density at radius 3 is 2.05 bits per heavy atom. The molecule has 0 aromatic rings. The van der Waals surface area contributed by atoms with Crippen molar-refractivity contribution in [2.45, 2.75) is 155 Å². The smallest absolute Gasteiger partial charge is 0.189 e. The predicted molar refractivity (Wildman–Crippen MR) is 152 cm³/mol. The Bertz CT molecular complexity index is 920. The van der Waals surface area contributed by atoms with Crippen LogP contribution < -0.4 is 33.6 Å². The third-order valence-electron chi connectivity index (χ3n) is 9.89. The lowest BCUT2D eigenvalue weighted by atomic mass is 9.84. The van der Waals surface area contributed by atoms with Gasteiger partial charge in [-0.25, -0.2) is 0 Å². The molecule has 16 N–H and O–H groups in total. The van der Waals surface area contributed by atoms with E-state index in [0.717, 1.165) is 25.7 Å². The minimum atomic E-state index is -1.49. The summed E-state index contributed by atoms with van der Waals surface area (Å²) in [6, 6.07) is -3.57. The summed E-state index contributed by atoms with van der Waals surface area (Å²) in [7, 11) is 1.58. The number of hydrogen-bond acceptors (Lipinski definition) is 17. The van der Waals surface area contributed by atoms with E-state index in [4.69, 9.17) is 46.6 Å². The van der Waals surface area contributed by atoms with Crippen LogP contribution in [0.4, 0.5) is 0 Å². The van der Waals surface area contributed by atoms with E-state index in [1.807, 2.05) is 0 Å². The molecule has 17 heteroatoms. The van der Waals surface area contributed by atoms with Crippen LogP contribution in [-0.2, 0) is 23.7 Å². The number of fused-ring (bicyclic) bond motifs is 1. The summed E-state index contributed by atoms with van der Waals surface area (Å²) in [6.45, 7) is -0.436. The molecule has 44 heavy (non-hydrogen) atoms. The molecule has 0 radical (unpaired) electrons. The maximum Gasteiger partial charge on any atom is 0.189 e. The van der Waals surface area contributed by atoms with Crippen molar-refractivity contribution in [2.75, 3.05) is 13.7 Å². The zero-order valence-corrected chi connectivity index (χ0v) is 25.0. The van der Waals surface area contributed by atoms with Crippen molar-refractivity contribution in [1.29, 1.82) is 0 Å². The van der Waals surface area contributed by atoms with Crippen LogP contribution in [0.2, 0.25) is 0 Å². The quantitative estimate of drug-likeness (QED) is 0.118. The van der Waals surface area contributed by atoms with E-state index in [2.05, 4.69) is 10.6 Å². The zero-order chi connectivity index (χ0) is 31.9. The lowest BCUT2D eigenvalue weighted by Gasteiger charge is -2.51. The van der Waals surface area contributed by atoms with Crippen molar-refractivity contribution in [2.24, 2.45) is 22.9 Å². The lowest BCUT2D eigenvalue weighted by Crippen LogP contribution is -2.70. The third kappa shape index (κ3) is 7.09. The summed E-state index contributed by atoms with van der Waals surface area (Å²) in [5, 5.41) is 70.5. The predicted octanol–water partition coefficient (Wildman–Crippen LogP) is -6.05. The zero-order valence-electron chi connectivity index (χ0n) is 25.0. The van der Waals surface area contributed by atoms with Gasteiger partial charge in [0.2, 0.25) is 0 Å². The molecule has 0 bridgehead atoms. The number of hydrogen-bond donors (Lipinski definition) is 12. The van der Waals surface area contributed by atoms with E-state index in [9.17, 15) is 30.6 Å². The number of nitrogens with two attached hydrogens (primary N) is 4. The molecule has 0 spiro atoms. The first kappa shape index (κ1) is 34.6. The minimum absolute atomic E-state index is 0.0577. The van der Waals surface area contributed by atoms with Gasteiger partial charge in [-0.3, -0.25) is 0 Å². The van der Waals surface area contributed by atoms with Gasteiger partial charge >= 0.3 is 0 Å². The van der Waals surface area contributed by atoms with Gasteiger partial charge in [-0.2, -0.15) is 0 Å². The first-order chi connectivity index (χ1) is 20.9. The fourth-order valence-electron chi connectivity index (χ4n) is 7.19. The minimum Gasteiger partial charge on any atom is -0.394 e. The molecule has 3 saturated heterocycles. The molecule has 0 aromatic carbocycles. The Morgan fingerprint density at radius 2 is 1.39 bits per heavy atom. The lowest BCUT2D eigenvalue weighted by molar-refractivity contribution is -0.374. The van der Waals surface area contributed by atoms with Crippen molar-refractivity contribution in [3.63, 3.8) is 0 Å². The Hall–Kier alpha value is -0.680. The molecule has 3 aliphatic heterocycles. The van der Waals surface area contributed by atoms with Gasteiger partial charge < -0.3 is 87.9 Å². The molecular formula is C27H52N6O11. The summed E-state index contributed by atoms with van der Waals surface area (Å²) in [4.78, 5) is 0. The summed E-state index contributed by atoms with van der Waals surface area (Å²) >= 11 is 0. The molecule has 0 amide bonds. The van der Waals surface area contributed by atoms with Gasteiger partial charge in [0.1, 0.15) is 42.7 Å². The standard InChI is InChI=1S/C27H52N6O11/c1-32-17-20(37)24-14(7-13(31)25(43-24)42-23-12(30)6-11(29)18(35)21(23)38)40-26(17)44-27-22(39)19(36)16(15(8-34)41-27)33-10-4-2-9(28)3-5-10/h9-27,32-39H,2-8,28-31H2,1H3/t9?,10?,11?,12?,13-,14-,15?,16?,17?,18?,19?,20?,21?,22?,23?,24?,25?,26?,27?/m0/s1. The normalized spacial score (nSPS) is 53.7. The molecule has 2 saturated carbocycles. The second-order valence-corrected chi connectivity index (χ2v) is 13.0. The van der Waals surface area contributed by atoms with Crippen molar-refractivity contribution in [3.8, 4) is 0 Å². The molecule has 3 heterocycles. The first-order valence-electron chi connectivity index (χ1n) is 15.7. The monoisotopic (exact) mass is 636 g/mol. The fraction of sp³-hybridized carbons (Fsp3) is 1.00. The van der Waals surface area contributed by atoms with Gasteiger partial charge in [-0.05, 0) is 45.6 Å². The van der Waals surface area contributed by atoms with Crippen LogP contribution in [0.15, 0.2) is 0 Å². The maximum absolute atomic E-state index is 11.3. The van der Waals surface area contributed by atoms with Crippen molar-refractivity contribution in [1.82, 2.24) is 10.6 Å². The molecule has 17 nitrogen and oxygen atoms in total. The number of rotatable bonds is 8. The van der Waals surface area contributed by atoms with Gasteiger partial charge in [0.15, 0.2) is 18.9 Å². The number of aliphatic hydroxyl groups excluding tert-OH is 6. The van der Waals surface area contributed by atoms with E-state index in [1.54, 1.807) is 7.05 Å².